The van der Waals surface area contributed by atoms with Crippen LogP contribution in [0.1, 0.15) is 139 Å². The van der Waals surface area contributed by atoms with E-state index in [1.54, 1.807) is 34.1 Å². The summed E-state index contributed by atoms with van der Waals surface area (Å²) in [7, 11) is -12.2. The first-order valence-corrected chi connectivity index (χ1v) is 50.2. The van der Waals surface area contributed by atoms with Gasteiger partial charge in [0.2, 0.25) is 23.6 Å². The number of nitrogens with zero attached hydrogens (tertiary/aromatic N) is 14. The zero-order valence-corrected chi connectivity index (χ0v) is 73.5. The van der Waals surface area contributed by atoms with Gasteiger partial charge >= 0.3 is 6.18 Å². The standard InChI is InChI=1S/2C22H26FN3O3S.C21H25ClN4O3S2.C21H22F4N4O3S/c1-16-5-6-20(14-24-16)25-9-10-26(21(15-25)18-3-2-4-19(23)13-18)22(27)17-7-11-30(28,29)12-8-17;1-16-5-6-21(24-14-16)25-9-10-26(20(15-25)18-3-2-4-19(23)13-18)22(27)17-7-11-30(28,29)12-8-17;22-19-4-3-18(30-19)17-13-25(16-11-23-20(24-12-16)14-1-2-14)7-8-26(17)21(27)15-5-9-31(28,29)10-6-15;22-16-3-1-14(2-4-16)17-13-28(19-12-26-18(11-27-19)21(23,24)25)7-8-29(17)20(30)15-5-9-33(31,32)10-6-15/h2-6,13-14,17,21H,7-12,15H2,1H3;2-6,13-14,17,20H,7-12,15H2,1H3;3-4,11-12,14-15,17H,1-2,5-10,13H2;1-4,11-12,15,17H,5-10,13H2/t;;;17-/m...1/s1. The number of piperazine rings is 4. The second-order valence-electron chi connectivity index (χ2n) is 33.2. The van der Waals surface area contributed by atoms with Crippen LogP contribution in [0.5, 0.6) is 0 Å². The molecule has 5 aromatic heterocycles. The van der Waals surface area contributed by atoms with Crippen molar-refractivity contribution in [2.24, 2.45) is 23.7 Å². The van der Waals surface area contributed by atoms with E-state index >= 15 is 0 Å². The van der Waals surface area contributed by atoms with Crippen molar-refractivity contribution in [3.05, 3.63) is 213 Å². The molecule has 26 nitrogen and oxygen atoms in total. The van der Waals surface area contributed by atoms with E-state index in [-0.39, 0.29) is 149 Å². The Morgan fingerprint density at radius 3 is 1.19 bits per heavy atom. The minimum absolute atomic E-state index is 0.0270. The summed E-state index contributed by atoms with van der Waals surface area (Å²) in [5.41, 5.74) is 4.99. The number of halogens is 7. The van der Waals surface area contributed by atoms with E-state index in [0.29, 0.717) is 126 Å². The Bertz CT molecular complexity index is 5380. The van der Waals surface area contributed by atoms with Gasteiger partial charge in [0, 0.05) is 125 Å². The number of carbonyl (C=O) groups excluding carboxylic acids is 4. The van der Waals surface area contributed by atoms with Crippen LogP contribution in [0.15, 0.2) is 146 Å². The summed E-state index contributed by atoms with van der Waals surface area (Å²) < 4.78 is 175. The number of benzene rings is 3. The lowest BCUT2D eigenvalue weighted by atomic mass is 9.96. The molecule has 38 heteroatoms. The van der Waals surface area contributed by atoms with Crippen LogP contribution in [0.2, 0.25) is 4.34 Å². The number of hydrogen-bond donors (Lipinski definition) is 0. The van der Waals surface area contributed by atoms with Gasteiger partial charge in [-0.05, 0) is 167 Å². The van der Waals surface area contributed by atoms with Crippen molar-refractivity contribution in [1.82, 2.24) is 49.5 Å². The Hall–Kier alpha value is -9.43. The first-order valence-electron chi connectivity index (χ1n) is 41.7. The van der Waals surface area contributed by atoms with E-state index in [0.717, 1.165) is 56.5 Å². The molecule has 13 heterocycles. The van der Waals surface area contributed by atoms with E-state index in [4.69, 9.17) is 11.6 Å². The molecular weight excluding hydrogens is 1730 g/mol. The van der Waals surface area contributed by atoms with Gasteiger partial charge in [-0.1, -0.05) is 54.1 Å². The molecule has 0 radical (unpaired) electrons. The molecule has 124 heavy (non-hydrogen) atoms. The van der Waals surface area contributed by atoms with Crippen LogP contribution in [-0.2, 0) is 64.7 Å². The highest BCUT2D eigenvalue weighted by atomic mass is 35.5. The largest absolute Gasteiger partial charge is 0.434 e. The van der Waals surface area contributed by atoms with Crippen LogP contribution in [0.25, 0.3) is 0 Å². The third-order valence-electron chi connectivity index (χ3n) is 24.6. The topological polar surface area (TPSA) is 308 Å². The summed E-state index contributed by atoms with van der Waals surface area (Å²) in [6.07, 6.45) is 9.64. The third-order valence-corrected chi connectivity index (χ3v) is 32.8. The Kier molecular flexibility index (Phi) is 28.4. The predicted molar refractivity (Wildman–Crippen MR) is 460 cm³/mol. The third kappa shape index (κ3) is 23.0. The number of aromatic nitrogens is 6. The first-order chi connectivity index (χ1) is 59.1. The molecule has 1 saturated carbocycles. The molecular formula is C86H99ClF6N14O12S5. The Morgan fingerprint density at radius 2 is 0.798 bits per heavy atom. The highest BCUT2D eigenvalue weighted by molar-refractivity contribution is 7.92. The number of anilines is 4. The van der Waals surface area contributed by atoms with Gasteiger partial charge in [-0.15, -0.1) is 11.3 Å². The number of rotatable bonds is 13. The second-order valence-corrected chi connectivity index (χ2v) is 44.1. The second kappa shape index (κ2) is 38.8. The molecule has 8 aromatic rings. The number of amides is 4. The molecule has 8 saturated heterocycles. The predicted octanol–water partition coefficient (Wildman–Crippen LogP) is 11.6. The summed E-state index contributed by atoms with van der Waals surface area (Å²) in [4.78, 5) is 95.2. The van der Waals surface area contributed by atoms with Crippen LogP contribution in [0.3, 0.4) is 0 Å². The quantitative estimate of drug-likeness (QED) is 0.0968. The van der Waals surface area contributed by atoms with Crippen LogP contribution in [0, 0.1) is 55.0 Å². The van der Waals surface area contributed by atoms with Crippen molar-refractivity contribution in [1.29, 1.82) is 0 Å². The normalized spacial score (nSPS) is 22.6. The summed E-state index contributed by atoms with van der Waals surface area (Å²) in [6, 6.07) is 28.9. The molecule has 17 rings (SSSR count). The monoisotopic (exact) mass is 1830 g/mol. The number of hydrogen-bond acceptors (Lipinski definition) is 23. The molecule has 4 amide bonds. The number of aryl methyl sites for hydroxylation is 2. The average molecular weight is 1830 g/mol. The summed E-state index contributed by atoms with van der Waals surface area (Å²) in [5, 5.41) is 0. The van der Waals surface area contributed by atoms with Gasteiger partial charge in [-0.2, -0.15) is 13.2 Å². The van der Waals surface area contributed by atoms with E-state index in [2.05, 4.69) is 44.6 Å². The highest BCUT2D eigenvalue weighted by Crippen LogP contribution is 2.42. The maximum absolute atomic E-state index is 14.0. The summed E-state index contributed by atoms with van der Waals surface area (Å²) >= 11 is 7.70. The van der Waals surface area contributed by atoms with Crippen molar-refractivity contribution >= 4 is 109 Å². The lowest BCUT2D eigenvalue weighted by Gasteiger charge is -2.44. The molecule has 0 N–H and O–H groups in total. The fourth-order valence-corrected chi connectivity index (χ4v) is 24.4. The zero-order valence-electron chi connectivity index (χ0n) is 68.6. The minimum Gasteiger partial charge on any atom is -0.366 e. The van der Waals surface area contributed by atoms with Gasteiger partial charge in [0.15, 0.2) is 5.69 Å². The zero-order chi connectivity index (χ0) is 88.0. The number of sulfone groups is 4. The molecule has 9 fully saturated rings. The number of pyridine rings is 2. The van der Waals surface area contributed by atoms with Gasteiger partial charge in [0.1, 0.15) is 74.3 Å². The average Bonchev–Trinajstić information content (AvgIpc) is 1.04. The smallest absolute Gasteiger partial charge is 0.366 e. The van der Waals surface area contributed by atoms with E-state index in [1.165, 1.54) is 60.6 Å². The van der Waals surface area contributed by atoms with Crippen molar-refractivity contribution in [2.45, 2.75) is 114 Å². The Morgan fingerprint density at radius 1 is 0.387 bits per heavy atom. The Labute approximate surface area is 727 Å². The van der Waals surface area contributed by atoms with E-state index in [9.17, 15) is 79.2 Å². The van der Waals surface area contributed by atoms with Gasteiger partial charge in [-0.3, -0.25) is 24.2 Å². The van der Waals surface area contributed by atoms with Crippen LogP contribution < -0.4 is 19.6 Å². The van der Waals surface area contributed by atoms with Gasteiger partial charge in [0.25, 0.3) is 0 Å². The maximum Gasteiger partial charge on any atom is 0.434 e. The van der Waals surface area contributed by atoms with Crippen molar-refractivity contribution in [3.8, 4) is 0 Å². The van der Waals surface area contributed by atoms with Gasteiger partial charge in [-0.25, -0.2) is 71.8 Å². The van der Waals surface area contributed by atoms with E-state index in [1.807, 2.05) is 102 Å². The minimum atomic E-state index is -4.60. The van der Waals surface area contributed by atoms with Crippen molar-refractivity contribution < 1.29 is 79.2 Å². The number of carbonyl (C=O) groups is 4. The van der Waals surface area contributed by atoms with Crippen molar-refractivity contribution in [3.63, 3.8) is 0 Å². The fraction of sp³-hybridized carbons (Fsp3) is 0.488. The molecule has 3 unspecified atom stereocenters. The van der Waals surface area contributed by atoms with Gasteiger partial charge in [0.05, 0.1) is 117 Å². The SMILES string of the molecule is Cc1ccc(N2CCN(C(=O)C3CCS(=O)(=O)CC3)C(c3cccc(F)c3)C2)cn1.Cc1ccc(N2CCN(C(=O)C3CCS(=O)(=O)CC3)C(c3cccc(F)c3)C2)nc1.O=C(C1CCS(=O)(=O)CC1)N1CCN(c2cnc(C(F)(F)F)cn2)C[C@@H]1c1ccc(F)cc1.O=C(C1CCS(=O)(=O)CC1)N1CCN(c2cnc(C3CC3)nc2)CC1c1ccc(Cl)s1. The summed E-state index contributed by atoms with van der Waals surface area (Å²) in [6.45, 7) is 9.91. The van der Waals surface area contributed by atoms with Crippen molar-refractivity contribution in [2.75, 3.05) is 144 Å². The molecule has 3 aromatic carbocycles. The fourth-order valence-electron chi connectivity index (χ4n) is 17.2. The first kappa shape index (κ1) is 90.8. The number of thiophene rings is 1. The number of alkyl halides is 3. The molecule has 0 spiro atoms. The van der Waals surface area contributed by atoms with Gasteiger partial charge < -0.3 is 39.2 Å². The molecule has 1 aliphatic carbocycles. The van der Waals surface area contributed by atoms with Crippen LogP contribution in [0.4, 0.5) is 49.4 Å². The summed E-state index contributed by atoms with van der Waals surface area (Å²) in [5.74, 6) is 0.354. The maximum atomic E-state index is 14.0. The van der Waals surface area contributed by atoms with Crippen LogP contribution in [-0.4, -0.2) is 231 Å². The molecule has 664 valence electrons. The lowest BCUT2D eigenvalue weighted by molar-refractivity contribution is -0.141. The highest BCUT2D eigenvalue weighted by Gasteiger charge is 2.44. The van der Waals surface area contributed by atoms with Crippen LogP contribution >= 0.6 is 22.9 Å². The molecule has 4 atom stereocenters. The molecule has 9 aliphatic rings. The molecule has 0 bridgehead atoms. The van der Waals surface area contributed by atoms with E-state index < -0.39 is 69.0 Å². The lowest BCUT2D eigenvalue weighted by Crippen LogP contribution is -2.53. The Balaban J connectivity index is 0.000000135. The molecule has 8 aliphatic heterocycles.